The number of piperazine rings is 1. The number of anilines is 1. The van der Waals surface area contributed by atoms with Gasteiger partial charge in [0.1, 0.15) is 29.1 Å². The number of nitrogens with zero attached hydrogens (tertiary/aromatic N) is 5. The van der Waals surface area contributed by atoms with E-state index in [2.05, 4.69) is 20.9 Å². The maximum absolute atomic E-state index is 13.6. The van der Waals surface area contributed by atoms with Crippen LogP contribution in [0.5, 0.6) is 0 Å². The van der Waals surface area contributed by atoms with Gasteiger partial charge in [-0.05, 0) is 57.5 Å². The number of pyridine rings is 2. The maximum Gasteiger partial charge on any atom is 0.328 e. The summed E-state index contributed by atoms with van der Waals surface area (Å²) in [4.78, 5) is 34.7. The summed E-state index contributed by atoms with van der Waals surface area (Å²) in [5.74, 6) is -0.758. The predicted molar refractivity (Wildman–Crippen MR) is 135 cm³/mol. The molecule has 1 fully saturated rings. The number of carbonyl (C=O) groups excluding carboxylic acids is 1. The van der Waals surface area contributed by atoms with E-state index in [1.807, 2.05) is 13.8 Å². The fourth-order valence-corrected chi connectivity index (χ4v) is 4.85. The quantitative estimate of drug-likeness (QED) is 0.504. The van der Waals surface area contributed by atoms with Gasteiger partial charge in [0, 0.05) is 38.3 Å². The zero-order valence-electron chi connectivity index (χ0n) is 21.1. The molecule has 0 amide bonds. The molecule has 3 atom stereocenters. The lowest BCUT2D eigenvalue weighted by Gasteiger charge is -2.47. The van der Waals surface area contributed by atoms with Gasteiger partial charge in [-0.1, -0.05) is 12.1 Å². The lowest BCUT2D eigenvalue weighted by atomic mass is 9.98. The zero-order valence-corrected chi connectivity index (χ0v) is 21.1. The van der Waals surface area contributed by atoms with Crippen molar-refractivity contribution in [1.82, 2.24) is 14.5 Å². The molecule has 1 aromatic carbocycles. The van der Waals surface area contributed by atoms with Gasteiger partial charge in [0.15, 0.2) is 0 Å². The number of hydrogen-bond acceptors (Lipinski definition) is 7. The molecule has 1 unspecified atom stereocenters. The second kappa shape index (κ2) is 10.1. The Morgan fingerprint density at radius 3 is 2.47 bits per heavy atom. The SMILES string of the molecule is CC(C)OC(=O)C(c1ccc(F)cc1)N1C[C@H](C)N(c2cc(=O)n(C)c3ccc(C#N)nc23)C[C@H]1C. The van der Waals surface area contributed by atoms with Crippen LogP contribution < -0.4 is 10.5 Å². The van der Waals surface area contributed by atoms with Crippen molar-refractivity contribution in [3.63, 3.8) is 0 Å². The molecule has 3 heterocycles. The Morgan fingerprint density at radius 2 is 1.83 bits per heavy atom. The number of fused-ring (bicyclic) bond motifs is 1. The molecule has 0 bridgehead atoms. The average Bonchev–Trinajstić information content (AvgIpc) is 2.84. The minimum atomic E-state index is -0.698. The van der Waals surface area contributed by atoms with E-state index in [0.717, 1.165) is 0 Å². The summed E-state index contributed by atoms with van der Waals surface area (Å²) in [5.41, 5.74) is 2.65. The van der Waals surface area contributed by atoms with Crippen LogP contribution in [0.2, 0.25) is 0 Å². The molecule has 1 aliphatic heterocycles. The van der Waals surface area contributed by atoms with Gasteiger partial charge in [-0.2, -0.15) is 5.26 Å². The molecule has 0 saturated carbocycles. The summed E-state index contributed by atoms with van der Waals surface area (Å²) < 4.78 is 20.7. The van der Waals surface area contributed by atoms with Crippen molar-refractivity contribution in [3.8, 4) is 6.07 Å². The molecule has 0 spiro atoms. The molecular formula is C27H30FN5O3. The minimum Gasteiger partial charge on any atom is -0.462 e. The highest BCUT2D eigenvalue weighted by Crippen LogP contribution is 2.33. The van der Waals surface area contributed by atoms with Gasteiger partial charge >= 0.3 is 5.97 Å². The van der Waals surface area contributed by atoms with Gasteiger partial charge in [-0.3, -0.25) is 9.69 Å². The van der Waals surface area contributed by atoms with E-state index < -0.39 is 6.04 Å². The summed E-state index contributed by atoms with van der Waals surface area (Å²) in [6.45, 7) is 8.63. The second-order valence-corrected chi connectivity index (χ2v) is 9.59. The Balaban J connectivity index is 1.73. The summed E-state index contributed by atoms with van der Waals surface area (Å²) in [5, 5.41) is 9.38. The summed E-state index contributed by atoms with van der Waals surface area (Å²) in [7, 11) is 1.68. The maximum atomic E-state index is 13.6. The molecule has 2 aromatic heterocycles. The van der Waals surface area contributed by atoms with E-state index in [4.69, 9.17) is 4.74 Å². The van der Waals surface area contributed by atoms with Gasteiger partial charge < -0.3 is 14.2 Å². The first-order valence-electron chi connectivity index (χ1n) is 12.0. The highest BCUT2D eigenvalue weighted by Gasteiger charge is 2.39. The number of halogens is 1. The second-order valence-electron chi connectivity index (χ2n) is 9.59. The molecule has 188 valence electrons. The van der Waals surface area contributed by atoms with Crippen LogP contribution in [0.1, 0.15) is 45.0 Å². The summed E-state index contributed by atoms with van der Waals surface area (Å²) >= 11 is 0. The third kappa shape index (κ3) is 4.82. The third-order valence-electron chi connectivity index (χ3n) is 6.62. The number of rotatable bonds is 5. The zero-order chi connectivity index (χ0) is 26.1. The number of hydrogen-bond donors (Lipinski definition) is 0. The molecule has 0 radical (unpaired) electrons. The average molecular weight is 492 g/mol. The molecule has 0 N–H and O–H groups in total. The van der Waals surface area contributed by atoms with Crippen molar-refractivity contribution < 1.29 is 13.9 Å². The fourth-order valence-electron chi connectivity index (χ4n) is 4.85. The van der Waals surface area contributed by atoms with E-state index in [-0.39, 0.29) is 41.2 Å². The highest BCUT2D eigenvalue weighted by atomic mass is 19.1. The van der Waals surface area contributed by atoms with E-state index in [1.54, 1.807) is 51.2 Å². The molecular weight excluding hydrogens is 461 g/mol. The van der Waals surface area contributed by atoms with Crippen LogP contribution in [0, 0.1) is 17.1 Å². The lowest BCUT2D eigenvalue weighted by molar-refractivity contribution is -0.155. The van der Waals surface area contributed by atoms with Crippen molar-refractivity contribution in [2.75, 3.05) is 18.0 Å². The number of nitriles is 1. The van der Waals surface area contributed by atoms with Crippen molar-refractivity contribution in [3.05, 3.63) is 69.9 Å². The van der Waals surface area contributed by atoms with Crippen LogP contribution in [0.4, 0.5) is 10.1 Å². The molecule has 36 heavy (non-hydrogen) atoms. The molecule has 8 nitrogen and oxygen atoms in total. The third-order valence-corrected chi connectivity index (χ3v) is 6.62. The van der Waals surface area contributed by atoms with Crippen LogP contribution in [0.3, 0.4) is 0 Å². The first kappa shape index (κ1) is 25.3. The van der Waals surface area contributed by atoms with Crippen LogP contribution in [0.25, 0.3) is 11.0 Å². The molecule has 1 saturated heterocycles. The normalized spacial score (nSPS) is 19.3. The monoisotopic (exact) mass is 491 g/mol. The minimum absolute atomic E-state index is 0.0983. The number of aromatic nitrogens is 2. The summed E-state index contributed by atoms with van der Waals surface area (Å²) in [6, 6.07) is 12.0. The number of ether oxygens (including phenoxy) is 1. The van der Waals surface area contributed by atoms with Crippen molar-refractivity contribution >= 4 is 22.7 Å². The van der Waals surface area contributed by atoms with Gasteiger partial charge in [0.2, 0.25) is 0 Å². The van der Waals surface area contributed by atoms with E-state index in [9.17, 15) is 19.2 Å². The Hall–Kier alpha value is -3.77. The summed E-state index contributed by atoms with van der Waals surface area (Å²) in [6.07, 6.45) is -0.290. The number of aryl methyl sites for hydroxylation is 1. The molecule has 0 aliphatic carbocycles. The van der Waals surface area contributed by atoms with Gasteiger partial charge in [-0.25, -0.2) is 14.2 Å². The van der Waals surface area contributed by atoms with Crippen LogP contribution in [-0.2, 0) is 16.6 Å². The van der Waals surface area contributed by atoms with Gasteiger partial charge in [-0.15, -0.1) is 0 Å². The van der Waals surface area contributed by atoms with E-state index in [0.29, 0.717) is 35.4 Å². The standard InChI is InChI=1S/C27H30FN5O3/c1-16(2)36-27(35)26(19-6-8-20(28)9-7-19)33-15-17(3)32(14-18(33)4)23-12-24(34)31(5)22-11-10-21(13-29)30-25(22)23/h6-12,16-18,26H,14-15H2,1-5H3/t17-,18+,26?/m0/s1. The largest absolute Gasteiger partial charge is 0.462 e. The fraction of sp³-hybridized carbons (Fsp3) is 0.407. The Morgan fingerprint density at radius 1 is 1.14 bits per heavy atom. The molecule has 1 aliphatic rings. The van der Waals surface area contributed by atoms with Crippen molar-refractivity contribution in [2.24, 2.45) is 7.05 Å². The lowest BCUT2D eigenvalue weighted by Crippen LogP contribution is -2.58. The Kier molecular flexibility index (Phi) is 7.09. The Bertz CT molecular complexity index is 1380. The van der Waals surface area contributed by atoms with Gasteiger partial charge in [0.25, 0.3) is 5.56 Å². The number of esters is 1. The predicted octanol–water partition coefficient (Wildman–Crippen LogP) is 3.54. The van der Waals surface area contributed by atoms with Crippen LogP contribution in [-0.4, -0.2) is 51.7 Å². The van der Waals surface area contributed by atoms with E-state index in [1.165, 1.54) is 16.7 Å². The van der Waals surface area contributed by atoms with Gasteiger partial charge in [0.05, 0.1) is 17.3 Å². The first-order valence-corrected chi connectivity index (χ1v) is 12.0. The molecule has 9 heteroatoms. The topological polar surface area (TPSA) is 91.5 Å². The van der Waals surface area contributed by atoms with Crippen molar-refractivity contribution in [1.29, 1.82) is 5.26 Å². The first-order chi connectivity index (χ1) is 17.1. The van der Waals surface area contributed by atoms with Crippen LogP contribution >= 0.6 is 0 Å². The smallest absolute Gasteiger partial charge is 0.328 e. The molecule has 3 aromatic rings. The van der Waals surface area contributed by atoms with E-state index >= 15 is 0 Å². The van der Waals surface area contributed by atoms with Crippen molar-refractivity contribution in [2.45, 2.75) is 51.9 Å². The number of carbonyl (C=O) groups is 1. The Labute approximate surface area is 209 Å². The molecule has 4 rings (SSSR count). The number of benzene rings is 1. The van der Waals surface area contributed by atoms with Crippen LogP contribution in [0.15, 0.2) is 47.3 Å². The highest BCUT2D eigenvalue weighted by molar-refractivity contribution is 5.89.